The van der Waals surface area contributed by atoms with Crippen molar-refractivity contribution >= 4 is 11.3 Å². The number of morpholine rings is 1. The lowest BCUT2D eigenvalue weighted by Crippen LogP contribution is -2.38. The van der Waals surface area contributed by atoms with E-state index in [9.17, 15) is 8.78 Å². The standard InChI is InChI=1S/C15H16F2N2O2S/c1-9-6-18-7-13(20-9)14-19-11(8-22-14)10-4-2-3-5-12(10)21-15(16)17/h2-5,8-9,13,15,18H,6-7H2,1H3/t9-,13-/m1/s1. The summed E-state index contributed by atoms with van der Waals surface area (Å²) in [4.78, 5) is 4.54. The van der Waals surface area contributed by atoms with Gasteiger partial charge < -0.3 is 14.8 Å². The lowest BCUT2D eigenvalue weighted by Gasteiger charge is -2.27. The van der Waals surface area contributed by atoms with Crippen molar-refractivity contribution in [1.82, 2.24) is 10.3 Å². The molecule has 0 amide bonds. The van der Waals surface area contributed by atoms with Crippen LogP contribution in [0.3, 0.4) is 0 Å². The molecule has 3 rings (SSSR count). The summed E-state index contributed by atoms with van der Waals surface area (Å²) in [6.45, 7) is 0.664. The molecule has 22 heavy (non-hydrogen) atoms. The number of rotatable bonds is 4. The largest absolute Gasteiger partial charge is 0.434 e. The normalized spacial score (nSPS) is 22.0. The van der Waals surface area contributed by atoms with E-state index in [1.165, 1.54) is 17.4 Å². The second-order valence-electron chi connectivity index (χ2n) is 5.04. The van der Waals surface area contributed by atoms with E-state index >= 15 is 0 Å². The number of thiazole rings is 1. The summed E-state index contributed by atoms with van der Waals surface area (Å²) in [5, 5.41) is 5.96. The van der Waals surface area contributed by atoms with Gasteiger partial charge >= 0.3 is 6.61 Å². The maximum Gasteiger partial charge on any atom is 0.387 e. The Labute approximate surface area is 131 Å². The topological polar surface area (TPSA) is 43.4 Å². The summed E-state index contributed by atoms with van der Waals surface area (Å²) in [6.07, 6.45) is 0.0197. The lowest BCUT2D eigenvalue weighted by atomic mass is 10.1. The third-order valence-corrected chi connectivity index (χ3v) is 4.27. The molecule has 2 atom stereocenters. The van der Waals surface area contributed by atoms with E-state index in [1.54, 1.807) is 18.2 Å². The van der Waals surface area contributed by atoms with E-state index in [4.69, 9.17) is 4.74 Å². The minimum atomic E-state index is -2.86. The quantitative estimate of drug-likeness (QED) is 0.934. The van der Waals surface area contributed by atoms with Crippen LogP contribution in [-0.4, -0.2) is 30.8 Å². The first-order chi connectivity index (χ1) is 10.6. The van der Waals surface area contributed by atoms with Gasteiger partial charge in [-0.1, -0.05) is 12.1 Å². The predicted molar refractivity (Wildman–Crippen MR) is 80.3 cm³/mol. The van der Waals surface area contributed by atoms with Crippen molar-refractivity contribution in [3.05, 3.63) is 34.7 Å². The molecule has 1 aromatic heterocycles. The molecule has 0 spiro atoms. The van der Waals surface area contributed by atoms with Crippen molar-refractivity contribution in [2.45, 2.75) is 25.7 Å². The molecular weight excluding hydrogens is 310 g/mol. The summed E-state index contributed by atoms with van der Waals surface area (Å²) in [6, 6.07) is 6.66. The number of nitrogens with one attached hydrogen (secondary N) is 1. The maximum atomic E-state index is 12.5. The molecule has 1 saturated heterocycles. The molecule has 1 fully saturated rings. The summed E-state index contributed by atoms with van der Waals surface area (Å²) < 4.78 is 35.4. The highest BCUT2D eigenvalue weighted by Gasteiger charge is 2.24. The first-order valence-corrected chi connectivity index (χ1v) is 7.87. The molecule has 0 unspecified atom stereocenters. The molecule has 2 heterocycles. The lowest BCUT2D eigenvalue weighted by molar-refractivity contribution is -0.0494. The van der Waals surface area contributed by atoms with Gasteiger partial charge in [-0.3, -0.25) is 0 Å². The average molecular weight is 326 g/mol. The number of hydrogen-bond donors (Lipinski definition) is 1. The first kappa shape index (κ1) is 15.3. The van der Waals surface area contributed by atoms with Crippen molar-refractivity contribution < 1.29 is 18.3 Å². The molecular formula is C15H16F2N2O2S. The van der Waals surface area contributed by atoms with E-state index in [0.717, 1.165) is 11.6 Å². The molecule has 0 aliphatic carbocycles. The van der Waals surface area contributed by atoms with Gasteiger partial charge in [-0.15, -0.1) is 11.3 Å². The fourth-order valence-electron chi connectivity index (χ4n) is 2.38. The Balaban J connectivity index is 1.84. The monoisotopic (exact) mass is 326 g/mol. The number of ether oxygens (including phenoxy) is 2. The van der Waals surface area contributed by atoms with Crippen LogP contribution >= 0.6 is 11.3 Å². The number of hydrogen-bond acceptors (Lipinski definition) is 5. The zero-order valence-corrected chi connectivity index (χ0v) is 12.8. The fourth-order valence-corrected chi connectivity index (χ4v) is 3.23. The Morgan fingerprint density at radius 3 is 2.95 bits per heavy atom. The van der Waals surface area contributed by atoms with Crippen LogP contribution in [0.1, 0.15) is 18.0 Å². The van der Waals surface area contributed by atoms with E-state index < -0.39 is 6.61 Å². The second-order valence-corrected chi connectivity index (χ2v) is 5.93. The highest BCUT2D eigenvalue weighted by Crippen LogP contribution is 2.34. The third kappa shape index (κ3) is 3.43. The number of para-hydroxylation sites is 1. The van der Waals surface area contributed by atoms with E-state index in [1.807, 2.05) is 12.3 Å². The number of benzene rings is 1. The highest BCUT2D eigenvalue weighted by molar-refractivity contribution is 7.10. The van der Waals surface area contributed by atoms with Crippen LogP contribution in [-0.2, 0) is 4.74 Å². The summed E-state index contributed by atoms with van der Waals surface area (Å²) in [5.41, 5.74) is 1.18. The zero-order valence-electron chi connectivity index (χ0n) is 12.0. The molecule has 1 N–H and O–H groups in total. The van der Waals surface area contributed by atoms with Gasteiger partial charge in [0.05, 0.1) is 11.8 Å². The molecule has 7 heteroatoms. The molecule has 0 saturated carbocycles. The van der Waals surface area contributed by atoms with Gasteiger partial charge in [0.2, 0.25) is 0 Å². The number of aromatic nitrogens is 1. The van der Waals surface area contributed by atoms with Crippen LogP contribution in [0.25, 0.3) is 11.3 Å². The van der Waals surface area contributed by atoms with Crippen LogP contribution < -0.4 is 10.1 Å². The average Bonchev–Trinajstić information content (AvgIpc) is 2.97. The van der Waals surface area contributed by atoms with Crippen LogP contribution in [0.5, 0.6) is 5.75 Å². The maximum absolute atomic E-state index is 12.5. The van der Waals surface area contributed by atoms with Gasteiger partial charge in [0.25, 0.3) is 0 Å². The van der Waals surface area contributed by atoms with Gasteiger partial charge in [-0.05, 0) is 19.1 Å². The molecule has 1 aliphatic heterocycles. The van der Waals surface area contributed by atoms with E-state index in [0.29, 0.717) is 17.8 Å². The highest BCUT2D eigenvalue weighted by atomic mass is 32.1. The minimum Gasteiger partial charge on any atom is -0.434 e. The van der Waals surface area contributed by atoms with Crippen LogP contribution in [0, 0.1) is 0 Å². The van der Waals surface area contributed by atoms with Crippen LogP contribution in [0.4, 0.5) is 8.78 Å². The third-order valence-electron chi connectivity index (χ3n) is 3.33. The van der Waals surface area contributed by atoms with Gasteiger partial charge in [0.15, 0.2) is 0 Å². The van der Waals surface area contributed by atoms with E-state index in [-0.39, 0.29) is 18.0 Å². The van der Waals surface area contributed by atoms with Gasteiger partial charge in [-0.2, -0.15) is 8.78 Å². The molecule has 1 aliphatic rings. The number of nitrogens with zero attached hydrogens (tertiary/aromatic N) is 1. The Morgan fingerprint density at radius 2 is 2.18 bits per heavy atom. The first-order valence-electron chi connectivity index (χ1n) is 6.99. The molecule has 1 aromatic carbocycles. The van der Waals surface area contributed by atoms with Crippen molar-refractivity contribution in [3.63, 3.8) is 0 Å². The van der Waals surface area contributed by atoms with Crippen molar-refractivity contribution in [3.8, 4) is 17.0 Å². The Bertz CT molecular complexity index is 636. The second kappa shape index (κ2) is 6.68. The summed E-state index contributed by atoms with van der Waals surface area (Å²) in [5.74, 6) is 0.130. The molecule has 4 nitrogen and oxygen atoms in total. The molecule has 118 valence electrons. The van der Waals surface area contributed by atoms with Crippen LogP contribution in [0.2, 0.25) is 0 Å². The fraction of sp³-hybridized carbons (Fsp3) is 0.400. The van der Waals surface area contributed by atoms with Crippen molar-refractivity contribution in [1.29, 1.82) is 0 Å². The van der Waals surface area contributed by atoms with Gasteiger partial charge in [0.1, 0.15) is 16.9 Å². The van der Waals surface area contributed by atoms with Crippen LogP contribution in [0.15, 0.2) is 29.6 Å². The molecule has 2 aromatic rings. The Hall–Kier alpha value is -1.57. The van der Waals surface area contributed by atoms with E-state index in [2.05, 4.69) is 15.0 Å². The smallest absolute Gasteiger partial charge is 0.387 e. The number of halogens is 2. The Kier molecular flexibility index (Phi) is 4.66. The van der Waals surface area contributed by atoms with Crippen molar-refractivity contribution in [2.75, 3.05) is 13.1 Å². The van der Waals surface area contributed by atoms with Crippen molar-refractivity contribution in [2.24, 2.45) is 0 Å². The molecule has 0 bridgehead atoms. The SMILES string of the molecule is C[C@@H]1CNC[C@H](c2nc(-c3ccccc3OC(F)F)cs2)O1. The summed E-state index contributed by atoms with van der Waals surface area (Å²) >= 11 is 1.46. The Morgan fingerprint density at radius 1 is 1.36 bits per heavy atom. The number of alkyl halides is 2. The molecule has 0 radical (unpaired) electrons. The van der Waals surface area contributed by atoms with Gasteiger partial charge in [0, 0.05) is 24.0 Å². The van der Waals surface area contributed by atoms with Gasteiger partial charge in [-0.25, -0.2) is 4.98 Å². The minimum absolute atomic E-state index is 0.106. The summed E-state index contributed by atoms with van der Waals surface area (Å²) in [7, 11) is 0. The zero-order chi connectivity index (χ0) is 15.5. The predicted octanol–water partition coefficient (Wildman–Crippen LogP) is 3.46.